The van der Waals surface area contributed by atoms with E-state index in [0.29, 0.717) is 31.7 Å². The van der Waals surface area contributed by atoms with Gasteiger partial charge in [-0.05, 0) is 24.6 Å². The van der Waals surface area contributed by atoms with Gasteiger partial charge in [-0.3, -0.25) is 9.59 Å². The molecule has 2 heterocycles. The quantitative estimate of drug-likeness (QED) is 0.750. The summed E-state index contributed by atoms with van der Waals surface area (Å²) in [5, 5.41) is 2.68. The molecule has 1 saturated heterocycles. The van der Waals surface area contributed by atoms with Crippen LogP contribution in [0.4, 0.5) is 19.0 Å². The summed E-state index contributed by atoms with van der Waals surface area (Å²) in [4.78, 5) is 31.9. The number of aryl methyl sites for hydroxylation is 1. The lowest BCUT2D eigenvalue weighted by atomic mass is 10.1. The monoisotopic (exact) mass is 454 g/mol. The molecule has 0 saturated carbocycles. The van der Waals surface area contributed by atoms with Gasteiger partial charge in [-0.2, -0.15) is 13.2 Å². The second-order valence-electron chi connectivity index (χ2n) is 7.22. The van der Waals surface area contributed by atoms with Gasteiger partial charge in [0.1, 0.15) is 5.82 Å². The van der Waals surface area contributed by atoms with E-state index in [1.807, 2.05) is 19.1 Å². The van der Waals surface area contributed by atoms with Crippen molar-refractivity contribution in [2.24, 2.45) is 0 Å². The number of hydrogen-bond acceptors (Lipinski definition) is 4. The number of pyridine rings is 1. The fourth-order valence-corrected chi connectivity index (χ4v) is 3.64. The van der Waals surface area contributed by atoms with E-state index in [2.05, 4.69) is 10.3 Å². The van der Waals surface area contributed by atoms with E-state index < -0.39 is 11.7 Å². The van der Waals surface area contributed by atoms with Crippen molar-refractivity contribution in [2.45, 2.75) is 19.5 Å². The molecule has 6 nitrogen and oxygen atoms in total. The zero-order valence-electron chi connectivity index (χ0n) is 16.9. The van der Waals surface area contributed by atoms with Crippen LogP contribution >= 0.6 is 11.6 Å². The minimum Gasteiger partial charge on any atom is -0.352 e. The molecule has 3 rings (SSSR count). The topological polar surface area (TPSA) is 65.5 Å². The van der Waals surface area contributed by atoms with Crippen LogP contribution in [0, 0.1) is 6.92 Å². The number of aromatic nitrogens is 1. The Morgan fingerprint density at radius 1 is 1.16 bits per heavy atom. The number of carbonyl (C=O) groups is 2. The predicted octanol–water partition coefficient (Wildman–Crippen LogP) is 3.53. The third-order valence-electron chi connectivity index (χ3n) is 5.10. The van der Waals surface area contributed by atoms with Crippen LogP contribution in [0.1, 0.15) is 27.9 Å². The first-order valence-electron chi connectivity index (χ1n) is 9.76. The smallest absolute Gasteiger partial charge is 0.352 e. The van der Waals surface area contributed by atoms with Crippen LogP contribution in [0.3, 0.4) is 0 Å². The number of hydrogen-bond donors (Lipinski definition) is 1. The maximum absolute atomic E-state index is 12.8. The number of amides is 2. The standard InChI is InChI=1S/C21H22ClF3N4O2/c1-14-4-2-3-5-16(14)20(31)26-7-6-18(30)28-8-10-29(11-9-28)19-17(22)12-15(13-27-19)21(23,24)25/h2-5,12-13H,6-11H2,1H3,(H,26,31). The largest absolute Gasteiger partial charge is 0.417 e. The molecular formula is C21H22ClF3N4O2. The molecule has 0 radical (unpaired) electrons. The first-order valence-corrected chi connectivity index (χ1v) is 10.1. The molecule has 1 aromatic heterocycles. The molecule has 0 bridgehead atoms. The molecule has 0 atom stereocenters. The van der Waals surface area contributed by atoms with Crippen molar-refractivity contribution in [3.8, 4) is 0 Å². The van der Waals surface area contributed by atoms with Crippen LogP contribution in [0.15, 0.2) is 36.5 Å². The molecule has 1 aromatic carbocycles. The summed E-state index contributed by atoms with van der Waals surface area (Å²) >= 11 is 6.00. The Bertz CT molecular complexity index is 960. The van der Waals surface area contributed by atoms with Gasteiger partial charge in [0.2, 0.25) is 5.91 Å². The average Bonchev–Trinajstić information content (AvgIpc) is 2.73. The van der Waals surface area contributed by atoms with E-state index in [1.165, 1.54) is 0 Å². The summed E-state index contributed by atoms with van der Waals surface area (Å²) in [5.41, 5.74) is 0.533. The van der Waals surface area contributed by atoms with Crippen molar-refractivity contribution in [1.82, 2.24) is 15.2 Å². The van der Waals surface area contributed by atoms with Crippen molar-refractivity contribution in [3.63, 3.8) is 0 Å². The summed E-state index contributed by atoms with van der Waals surface area (Å²) in [6.45, 7) is 3.65. The lowest BCUT2D eigenvalue weighted by Gasteiger charge is -2.36. The van der Waals surface area contributed by atoms with E-state index in [1.54, 1.807) is 21.9 Å². The summed E-state index contributed by atoms with van der Waals surface area (Å²) in [7, 11) is 0. The maximum Gasteiger partial charge on any atom is 0.417 e. The van der Waals surface area contributed by atoms with Gasteiger partial charge in [0, 0.05) is 50.9 Å². The highest BCUT2D eigenvalue weighted by molar-refractivity contribution is 6.33. The van der Waals surface area contributed by atoms with Crippen LogP contribution in [0.25, 0.3) is 0 Å². The Morgan fingerprint density at radius 2 is 1.84 bits per heavy atom. The third kappa shape index (κ3) is 5.66. The lowest BCUT2D eigenvalue weighted by molar-refractivity contribution is -0.137. The van der Waals surface area contributed by atoms with Crippen LogP contribution in [0.5, 0.6) is 0 Å². The van der Waals surface area contributed by atoms with Crippen LogP contribution in [-0.2, 0) is 11.0 Å². The minimum absolute atomic E-state index is 0.0754. The van der Waals surface area contributed by atoms with Crippen LogP contribution in [0.2, 0.25) is 5.02 Å². The zero-order valence-corrected chi connectivity index (χ0v) is 17.6. The zero-order chi connectivity index (χ0) is 22.6. The molecule has 31 heavy (non-hydrogen) atoms. The number of anilines is 1. The number of nitrogens with zero attached hydrogens (tertiary/aromatic N) is 3. The van der Waals surface area contributed by atoms with Crippen molar-refractivity contribution in [1.29, 1.82) is 0 Å². The minimum atomic E-state index is -4.51. The summed E-state index contributed by atoms with van der Waals surface area (Å²) in [6.07, 6.45) is -3.58. The Balaban J connectivity index is 1.48. The molecule has 2 aromatic rings. The first-order chi connectivity index (χ1) is 14.7. The summed E-state index contributed by atoms with van der Waals surface area (Å²) in [5.74, 6) is -0.0535. The second kappa shape index (κ2) is 9.55. The van der Waals surface area contributed by atoms with Crippen LogP contribution in [-0.4, -0.2) is 54.4 Å². The van der Waals surface area contributed by atoms with E-state index in [0.717, 1.165) is 17.8 Å². The fraction of sp³-hybridized carbons (Fsp3) is 0.381. The van der Waals surface area contributed by atoms with Crippen molar-refractivity contribution >= 4 is 29.2 Å². The Hall–Kier alpha value is -2.81. The highest BCUT2D eigenvalue weighted by Crippen LogP contribution is 2.33. The van der Waals surface area contributed by atoms with Gasteiger partial charge in [-0.1, -0.05) is 29.8 Å². The number of benzene rings is 1. The Morgan fingerprint density at radius 3 is 2.45 bits per heavy atom. The van der Waals surface area contributed by atoms with Gasteiger partial charge >= 0.3 is 6.18 Å². The number of rotatable bonds is 5. The van der Waals surface area contributed by atoms with E-state index >= 15 is 0 Å². The van der Waals surface area contributed by atoms with E-state index in [9.17, 15) is 22.8 Å². The maximum atomic E-state index is 12.8. The van der Waals surface area contributed by atoms with Gasteiger partial charge in [0.05, 0.1) is 10.6 Å². The number of halogens is 4. The first kappa shape index (κ1) is 22.9. The highest BCUT2D eigenvalue weighted by Gasteiger charge is 2.32. The summed E-state index contributed by atoms with van der Waals surface area (Å²) < 4.78 is 38.3. The summed E-state index contributed by atoms with van der Waals surface area (Å²) in [6, 6.07) is 8.06. The van der Waals surface area contributed by atoms with Gasteiger partial charge < -0.3 is 15.1 Å². The molecule has 166 valence electrons. The molecule has 0 spiro atoms. The fourth-order valence-electron chi connectivity index (χ4n) is 3.35. The Kier molecular flexibility index (Phi) is 7.04. The van der Waals surface area contributed by atoms with Gasteiger partial charge in [-0.15, -0.1) is 0 Å². The molecule has 1 aliphatic rings. The van der Waals surface area contributed by atoms with Gasteiger partial charge in [0.15, 0.2) is 0 Å². The molecule has 10 heteroatoms. The third-order valence-corrected chi connectivity index (χ3v) is 5.37. The van der Waals surface area contributed by atoms with Crippen LogP contribution < -0.4 is 10.2 Å². The van der Waals surface area contributed by atoms with Crippen molar-refractivity contribution < 1.29 is 22.8 Å². The molecule has 2 amide bonds. The lowest BCUT2D eigenvalue weighted by Crippen LogP contribution is -2.49. The van der Waals surface area contributed by atoms with Gasteiger partial charge in [0.25, 0.3) is 5.91 Å². The Labute approximate surface area is 183 Å². The number of alkyl halides is 3. The number of piperazine rings is 1. The molecule has 0 unspecified atom stereocenters. The predicted molar refractivity (Wildman–Crippen MR) is 111 cm³/mol. The van der Waals surface area contributed by atoms with E-state index in [4.69, 9.17) is 11.6 Å². The molecular weight excluding hydrogens is 433 g/mol. The normalized spacial score (nSPS) is 14.5. The molecule has 1 fully saturated rings. The molecule has 1 N–H and O–H groups in total. The second-order valence-corrected chi connectivity index (χ2v) is 7.62. The highest BCUT2D eigenvalue weighted by atomic mass is 35.5. The average molecular weight is 455 g/mol. The SMILES string of the molecule is Cc1ccccc1C(=O)NCCC(=O)N1CCN(c2ncc(C(F)(F)F)cc2Cl)CC1. The number of nitrogens with one attached hydrogen (secondary N) is 1. The van der Waals surface area contributed by atoms with E-state index in [-0.39, 0.29) is 35.6 Å². The van der Waals surface area contributed by atoms with Gasteiger partial charge in [-0.25, -0.2) is 4.98 Å². The van der Waals surface area contributed by atoms with Crippen molar-refractivity contribution in [3.05, 3.63) is 58.2 Å². The number of carbonyl (C=O) groups excluding carboxylic acids is 2. The molecule has 1 aliphatic heterocycles. The molecule has 0 aliphatic carbocycles. The van der Waals surface area contributed by atoms with Crippen molar-refractivity contribution in [2.75, 3.05) is 37.6 Å².